The maximum atomic E-state index is 12.1. The Kier molecular flexibility index (Phi) is 5.35. The van der Waals surface area contributed by atoms with E-state index in [9.17, 15) is 10.1 Å². The second kappa shape index (κ2) is 8.48. The summed E-state index contributed by atoms with van der Waals surface area (Å²) in [6.07, 6.45) is 14.2. The van der Waals surface area contributed by atoms with E-state index in [0.717, 1.165) is 48.1 Å². The first-order valence-corrected chi connectivity index (χ1v) is 11.2. The van der Waals surface area contributed by atoms with Crippen molar-refractivity contribution in [1.82, 2.24) is 19.5 Å². The standard InChI is InChI=1S/C25H24N6O2/c1-3-24(32)31-19-6-7-20(31)10-18(9-19)29-23-8-5-16(13-27-23)22-11-21(33-4-2)15-30-25(22)17(12-26)14-28-30/h1,5,8,11,13-15,18-20H,4,6-7,9-10H2,2H3,(H,27,29). The van der Waals surface area contributed by atoms with Crippen molar-refractivity contribution in [2.75, 3.05) is 11.9 Å². The number of carbonyl (C=O) groups excluding carboxylic acids is 1. The van der Waals surface area contributed by atoms with Gasteiger partial charge in [-0.25, -0.2) is 9.50 Å². The zero-order valence-electron chi connectivity index (χ0n) is 18.4. The number of carbonyl (C=O) groups is 1. The van der Waals surface area contributed by atoms with E-state index in [1.807, 2.05) is 30.0 Å². The zero-order valence-corrected chi connectivity index (χ0v) is 18.4. The average Bonchev–Trinajstić information content (AvgIpc) is 3.37. The van der Waals surface area contributed by atoms with Crippen molar-refractivity contribution < 1.29 is 9.53 Å². The molecule has 3 aromatic heterocycles. The maximum Gasteiger partial charge on any atom is 0.298 e. The zero-order chi connectivity index (χ0) is 22.9. The normalized spacial score (nSPS) is 21.4. The second-order valence-electron chi connectivity index (χ2n) is 8.47. The topological polar surface area (TPSA) is 95.5 Å². The van der Waals surface area contributed by atoms with Crippen molar-refractivity contribution in [3.8, 4) is 35.3 Å². The number of fused-ring (bicyclic) bond motifs is 3. The molecule has 0 aromatic carbocycles. The summed E-state index contributed by atoms with van der Waals surface area (Å²) in [7, 11) is 0. The van der Waals surface area contributed by atoms with Gasteiger partial charge in [-0.15, -0.1) is 6.42 Å². The van der Waals surface area contributed by atoms with Crippen LogP contribution in [0.1, 0.15) is 38.2 Å². The number of pyridine rings is 2. The quantitative estimate of drug-likeness (QED) is 0.612. The van der Waals surface area contributed by atoms with Crippen LogP contribution >= 0.6 is 0 Å². The van der Waals surface area contributed by atoms with Crippen LogP contribution in [0.15, 0.2) is 36.8 Å². The molecule has 0 spiro atoms. The lowest BCUT2D eigenvalue weighted by atomic mass is 9.97. The fourth-order valence-electron chi connectivity index (χ4n) is 5.19. The fraction of sp³-hybridized carbons (Fsp3) is 0.360. The van der Waals surface area contributed by atoms with E-state index in [1.54, 1.807) is 23.1 Å². The molecular formula is C25H24N6O2. The number of anilines is 1. The summed E-state index contributed by atoms with van der Waals surface area (Å²) in [6, 6.07) is 8.71. The summed E-state index contributed by atoms with van der Waals surface area (Å²) in [5.41, 5.74) is 2.94. The summed E-state index contributed by atoms with van der Waals surface area (Å²) in [5, 5.41) is 17.3. The molecule has 1 amide bonds. The van der Waals surface area contributed by atoms with Crippen LogP contribution in [-0.4, -0.2) is 50.1 Å². The third-order valence-electron chi connectivity index (χ3n) is 6.54. The first-order valence-electron chi connectivity index (χ1n) is 11.2. The smallest absolute Gasteiger partial charge is 0.298 e. The number of aromatic nitrogens is 3. The Bertz CT molecular complexity index is 1270. The number of terminal acetylenes is 1. The summed E-state index contributed by atoms with van der Waals surface area (Å²) >= 11 is 0. The van der Waals surface area contributed by atoms with E-state index < -0.39 is 0 Å². The number of hydrogen-bond donors (Lipinski definition) is 1. The highest BCUT2D eigenvalue weighted by molar-refractivity contribution is 5.93. The lowest BCUT2D eigenvalue weighted by Gasteiger charge is -2.38. The highest BCUT2D eigenvalue weighted by Crippen LogP contribution is 2.37. The van der Waals surface area contributed by atoms with Gasteiger partial charge in [0.05, 0.1) is 30.1 Å². The van der Waals surface area contributed by atoms with E-state index in [4.69, 9.17) is 11.2 Å². The van der Waals surface area contributed by atoms with Gasteiger partial charge in [0.2, 0.25) is 0 Å². The van der Waals surface area contributed by atoms with Crippen LogP contribution in [0.25, 0.3) is 16.6 Å². The summed E-state index contributed by atoms with van der Waals surface area (Å²) in [4.78, 5) is 18.6. The molecule has 0 radical (unpaired) electrons. The molecule has 2 unspecified atom stereocenters. The van der Waals surface area contributed by atoms with Crippen molar-refractivity contribution in [3.63, 3.8) is 0 Å². The molecule has 2 bridgehead atoms. The molecule has 5 heterocycles. The number of hydrogen-bond acceptors (Lipinski definition) is 6. The van der Waals surface area contributed by atoms with Gasteiger partial charge < -0.3 is 15.0 Å². The third-order valence-corrected chi connectivity index (χ3v) is 6.54. The highest BCUT2D eigenvalue weighted by atomic mass is 16.5. The first-order chi connectivity index (χ1) is 16.1. The van der Waals surface area contributed by atoms with Crippen molar-refractivity contribution >= 4 is 17.2 Å². The van der Waals surface area contributed by atoms with Crippen LogP contribution in [0, 0.1) is 23.7 Å². The van der Waals surface area contributed by atoms with E-state index >= 15 is 0 Å². The Morgan fingerprint density at radius 3 is 2.73 bits per heavy atom. The van der Waals surface area contributed by atoms with Crippen molar-refractivity contribution in [2.24, 2.45) is 0 Å². The third kappa shape index (κ3) is 3.74. The highest BCUT2D eigenvalue weighted by Gasteiger charge is 2.42. The maximum absolute atomic E-state index is 12.1. The summed E-state index contributed by atoms with van der Waals surface area (Å²) in [5.74, 6) is 3.54. The molecule has 2 aliphatic heterocycles. The lowest BCUT2D eigenvalue weighted by molar-refractivity contribution is -0.129. The largest absolute Gasteiger partial charge is 0.492 e. The predicted molar refractivity (Wildman–Crippen MR) is 123 cm³/mol. The van der Waals surface area contributed by atoms with Crippen molar-refractivity contribution in [1.29, 1.82) is 5.26 Å². The average molecular weight is 441 g/mol. The van der Waals surface area contributed by atoms with E-state index in [1.165, 1.54) is 0 Å². The van der Waals surface area contributed by atoms with Gasteiger partial charge in [-0.1, -0.05) is 0 Å². The molecule has 1 N–H and O–H groups in total. The molecule has 2 aliphatic rings. The lowest BCUT2D eigenvalue weighted by Crippen LogP contribution is -2.49. The monoisotopic (exact) mass is 440 g/mol. The minimum atomic E-state index is -0.194. The van der Waals surface area contributed by atoms with Gasteiger partial charge in [0.1, 0.15) is 17.6 Å². The molecule has 8 nitrogen and oxygen atoms in total. The van der Waals surface area contributed by atoms with Crippen LogP contribution < -0.4 is 10.1 Å². The Labute approximate surface area is 192 Å². The number of nitrogens with zero attached hydrogens (tertiary/aromatic N) is 5. The van der Waals surface area contributed by atoms with Crippen LogP contribution in [-0.2, 0) is 4.79 Å². The van der Waals surface area contributed by atoms with Gasteiger partial charge in [0.25, 0.3) is 5.91 Å². The number of rotatable bonds is 5. The van der Waals surface area contributed by atoms with Crippen molar-refractivity contribution in [2.45, 2.75) is 50.7 Å². The van der Waals surface area contributed by atoms with Crippen LogP contribution in [0.2, 0.25) is 0 Å². The molecule has 5 rings (SSSR count). The van der Waals surface area contributed by atoms with Gasteiger partial charge >= 0.3 is 0 Å². The number of nitrogens with one attached hydrogen (secondary N) is 1. The Hall–Kier alpha value is -4.04. The summed E-state index contributed by atoms with van der Waals surface area (Å²) < 4.78 is 7.36. The minimum Gasteiger partial charge on any atom is -0.492 e. The predicted octanol–water partition coefficient (Wildman–Crippen LogP) is 3.23. The second-order valence-corrected chi connectivity index (χ2v) is 8.47. The van der Waals surface area contributed by atoms with Crippen LogP contribution in [0.5, 0.6) is 5.75 Å². The molecule has 8 heteroatoms. The van der Waals surface area contributed by atoms with E-state index in [0.29, 0.717) is 17.9 Å². The Balaban J connectivity index is 1.37. The first kappa shape index (κ1) is 20.8. The van der Waals surface area contributed by atoms with Crippen molar-refractivity contribution in [3.05, 3.63) is 42.4 Å². The number of ether oxygens (including phenoxy) is 1. The van der Waals surface area contributed by atoms with Gasteiger partial charge in [-0.05, 0) is 56.7 Å². The molecule has 0 saturated carbocycles. The Morgan fingerprint density at radius 1 is 1.30 bits per heavy atom. The van der Waals surface area contributed by atoms with Gasteiger partial charge in [-0.2, -0.15) is 10.4 Å². The molecule has 2 saturated heterocycles. The van der Waals surface area contributed by atoms with E-state index in [-0.39, 0.29) is 24.0 Å². The van der Waals surface area contributed by atoms with Gasteiger partial charge in [-0.3, -0.25) is 4.79 Å². The molecule has 2 atom stereocenters. The molecule has 0 aliphatic carbocycles. The van der Waals surface area contributed by atoms with Gasteiger partial charge in [0, 0.05) is 35.4 Å². The fourth-order valence-corrected chi connectivity index (χ4v) is 5.19. The SMILES string of the molecule is C#CC(=O)N1C2CCC1CC(Nc1ccc(-c3cc(OCC)cn4ncc(C#N)c34)cn1)C2. The minimum absolute atomic E-state index is 0.194. The molecule has 33 heavy (non-hydrogen) atoms. The molecule has 2 fully saturated rings. The van der Waals surface area contributed by atoms with Crippen LogP contribution in [0.3, 0.4) is 0 Å². The Morgan fingerprint density at radius 2 is 2.09 bits per heavy atom. The van der Waals surface area contributed by atoms with Crippen LogP contribution in [0.4, 0.5) is 5.82 Å². The van der Waals surface area contributed by atoms with E-state index in [2.05, 4.69) is 27.4 Å². The number of nitriles is 1. The molecule has 3 aromatic rings. The molecular weight excluding hydrogens is 416 g/mol. The number of amides is 1. The summed E-state index contributed by atoms with van der Waals surface area (Å²) in [6.45, 7) is 2.46. The number of piperidine rings is 1. The van der Waals surface area contributed by atoms with Gasteiger partial charge in [0.15, 0.2) is 0 Å². The molecule has 166 valence electrons.